The summed E-state index contributed by atoms with van der Waals surface area (Å²) in [6.45, 7) is 0.888. The minimum absolute atomic E-state index is 0.0414. The number of hydrogen-bond acceptors (Lipinski definition) is 4. The fraction of sp³-hybridized carbons (Fsp3) is 0.579. The number of aromatic nitrogens is 2. The highest BCUT2D eigenvalue weighted by Crippen LogP contribution is 2.36. The minimum Gasteiger partial charge on any atom is -0.457 e. The number of carbonyl (C=O) groups excluding carboxylic acids is 1. The van der Waals surface area contributed by atoms with Crippen LogP contribution in [0, 0.1) is 0 Å². The fourth-order valence-corrected chi connectivity index (χ4v) is 4.91. The van der Waals surface area contributed by atoms with Crippen molar-refractivity contribution >= 4 is 16.9 Å². The van der Waals surface area contributed by atoms with Gasteiger partial charge >= 0.3 is 5.97 Å². The second kappa shape index (κ2) is 5.31. The van der Waals surface area contributed by atoms with Gasteiger partial charge in [-0.25, -0.2) is 4.79 Å². The normalized spacial score (nSPS) is 29.1. The van der Waals surface area contributed by atoms with Crippen molar-refractivity contribution in [2.45, 2.75) is 63.3 Å². The summed E-state index contributed by atoms with van der Waals surface area (Å²) in [4.78, 5) is 15.3. The maximum absolute atomic E-state index is 12.8. The first-order valence-corrected chi connectivity index (χ1v) is 9.12. The summed E-state index contributed by atoms with van der Waals surface area (Å²) in [5, 5.41) is 5.54. The summed E-state index contributed by atoms with van der Waals surface area (Å²) in [6, 6.07) is 7.32. The van der Waals surface area contributed by atoms with Crippen molar-refractivity contribution in [3.8, 4) is 0 Å². The molecule has 5 nitrogen and oxygen atoms in total. The predicted molar refractivity (Wildman–Crippen MR) is 91.1 cm³/mol. The maximum atomic E-state index is 12.8. The largest absolute Gasteiger partial charge is 0.457 e. The highest BCUT2D eigenvalue weighted by Gasteiger charge is 2.40. The lowest BCUT2D eigenvalue weighted by molar-refractivity contribution is -0.000884. The Morgan fingerprint density at radius 3 is 2.83 bits per heavy atom. The molecule has 24 heavy (non-hydrogen) atoms. The van der Waals surface area contributed by atoms with Crippen LogP contribution in [0.15, 0.2) is 18.2 Å². The molecule has 2 saturated heterocycles. The molecule has 0 aliphatic carbocycles. The summed E-state index contributed by atoms with van der Waals surface area (Å²) in [6.07, 6.45) is 6.58. The van der Waals surface area contributed by atoms with E-state index in [1.165, 1.54) is 18.4 Å². The van der Waals surface area contributed by atoms with Gasteiger partial charge in [-0.15, -0.1) is 0 Å². The second-order valence-electron chi connectivity index (χ2n) is 7.54. The van der Waals surface area contributed by atoms with E-state index in [0.29, 0.717) is 17.8 Å². The van der Waals surface area contributed by atoms with E-state index in [0.717, 1.165) is 43.1 Å². The lowest BCUT2D eigenvalue weighted by atomic mass is 10.0. The van der Waals surface area contributed by atoms with Crippen molar-refractivity contribution < 1.29 is 9.53 Å². The van der Waals surface area contributed by atoms with Gasteiger partial charge in [0.1, 0.15) is 6.10 Å². The SMILES string of the molecule is CN1C2CCC1CC(OC(=O)c1nn3c4c(cccc14)CCC3)C2. The summed E-state index contributed by atoms with van der Waals surface area (Å²) >= 11 is 0. The van der Waals surface area contributed by atoms with Crippen LogP contribution in [0.4, 0.5) is 0 Å². The number of aryl methyl sites for hydroxylation is 2. The van der Waals surface area contributed by atoms with Crippen LogP contribution in [0.5, 0.6) is 0 Å². The van der Waals surface area contributed by atoms with E-state index >= 15 is 0 Å². The number of piperidine rings is 1. The van der Waals surface area contributed by atoms with Gasteiger partial charge in [0.15, 0.2) is 5.69 Å². The standard InChI is InChI=1S/C19H23N3O2/c1-21-13-7-8-14(21)11-15(10-13)24-19(23)17-16-6-2-4-12-5-3-9-22(20-17)18(12)16/h2,4,6,13-15H,3,5,7-11H2,1H3. The van der Waals surface area contributed by atoms with Gasteiger partial charge in [0, 0.05) is 36.9 Å². The number of ether oxygens (including phenoxy) is 1. The Bertz CT molecular complexity index is 798. The third kappa shape index (κ3) is 2.10. The van der Waals surface area contributed by atoms with Gasteiger partial charge in [-0.3, -0.25) is 4.68 Å². The first-order chi connectivity index (χ1) is 11.7. The average Bonchev–Trinajstić information content (AvgIpc) is 3.04. The highest BCUT2D eigenvalue weighted by atomic mass is 16.5. The number of benzene rings is 1. The van der Waals surface area contributed by atoms with E-state index in [4.69, 9.17) is 4.74 Å². The van der Waals surface area contributed by atoms with E-state index < -0.39 is 0 Å². The molecule has 5 rings (SSSR count). The van der Waals surface area contributed by atoms with Gasteiger partial charge in [0.2, 0.25) is 0 Å². The molecule has 0 amide bonds. The quantitative estimate of drug-likeness (QED) is 0.797. The van der Waals surface area contributed by atoms with Crippen LogP contribution in [0.25, 0.3) is 10.9 Å². The summed E-state index contributed by atoms with van der Waals surface area (Å²) in [7, 11) is 2.20. The van der Waals surface area contributed by atoms with Crippen molar-refractivity contribution in [3.63, 3.8) is 0 Å². The van der Waals surface area contributed by atoms with Crippen LogP contribution >= 0.6 is 0 Å². The molecule has 1 aromatic heterocycles. The molecule has 0 saturated carbocycles. The zero-order chi connectivity index (χ0) is 16.3. The Labute approximate surface area is 141 Å². The molecule has 5 heteroatoms. The number of carbonyl (C=O) groups is 1. The molecule has 3 aliphatic heterocycles. The van der Waals surface area contributed by atoms with Gasteiger partial charge in [0.05, 0.1) is 5.52 Å². The zero-order valence-corrected chi connectivity index (χ0v) is 14.1. The first-order valence-electron chi connectivity index (χ1n) is 9.12. The lowest BCUT2D eigenvalue weighted by Gasteiger charge is -2.35. The number of rotatable bonds is 2. The number of para-hydroxylation sites is 1. The average molecular weight is 325 g/mol. The molecule has 2 atom stereocenters. The Morgan fingerprint density at radius 1 is 1.25 bits per heavy atom. The van der Waals surface area contributed by atoms with Crippen molar-refractivity contribution in [1.82, 2.24) is 14.7 Å². The van der Waals surface area contributed by atoms with Crippen molar-refractivity contribution in [2.24, 2.45) is 0 Å². The lowest BCUT2D eigenvalue weighted by Crippen LogP contribution is -2.43. The van der Waals surface area contributed by atoms with Crippen LogP contribution in [0.3, 0.4) is 0 Å². The molecule has 2 unspecified atom stereocenters. The minimum atomic E-state index is -0.244. The van der Waals surface area contributed by atoms with Crippen molar-refractivity contribution in [3.05, 3.63) is 29.5 Å². The van der Waals surface area contributed by atoms with Gasteiger partial charge in [-0.1, -0.05) is 18.2 Å². The van der Waals surface area contributed by atoms with Crippen LogP contribution in [0.1, 0.15) is 48.2 Å². The van der Waals surface area contributed by atoms with Crippen LogP contribution in [0.2, 0.25) is 0 Å². The Morgan fingerprint density at radius 2 is 2.04 bits per heavy atom. The Kier molecular flexibility index (Phi) is 3.20. The Balaban J connectivity index is 1.42. The molecule has 2 bridgehead atoms. The molecular formula is C19H23N3O2. The third-order valence-corrected chi connectivity index (χ3v) is 6.19. The molecule has 0 N–H and O–H groups in total. The summed E-state index contributed by atoms with van der Waals surface area (Å²) < 4.78 is 7.88. The van der Waals surface area contributed by atoms with E-state index in [1.54, 1.807) is 0 Å². The van der Waals surface area contributed by atoms with Gasteiger partial charge in [0.25, 0.3) is 0 Å². The number of fused-ring (bicyclic) bond motifs is 2. The van der Waals surface area contributed by atoms with E-state index in [1.807, 2.05) is 16.8 Å². The van der Waals surface area contributed by atoms with Crippen molar-refractivity contribution in [1.29, 1.82) is 0 Å². The molecule has 0 spiro atoms. The van der Waals surface area contributed by atoms with Crippen molar-refractivity contribution in [2.75, 3.05) is 7.05 Å². The van der Waals surface area contributed by atoms with E-state index in [9.17, 15) is 4.79 Å². The van der Waals surface area contributed by atoms with Gasteiger partial charge in [-0.2, -0.15) is 5.10 Å². The number of nitrogens with zero attached hydrogens (tertiary/aromatic N) is 3. The molecule has 0 radical (unpaired) electrons. The molecule has 4 heterocycles. The highest BCUT2D eigenvalue weighted by molar-refractivity contribution is 6.03. The smallest absolute Gasteiger partial charge is 0.359 e. The zero-order valence-electron chi connectivity index (χ0n) is 14.1. The van der Waals surface area contributed by atoms with E-state index in [2.05, 4.69) is 23.1 Å². The molecule has 126 valence electrons. The molecule has 3 aliphatic rings. The third-order valence-electron chi connectivity index (χ3n) is 6.19. The molecule has 2 fully saturated rings. The number of esters is 1. The Hall–Kier alpha value is -1.88. The predicted octanol–water partition coefficient (Wildman–Crippen LogP) is 2.76. The first kappa shape index (κ1) is 14.5. The number of hydrogen-bond donors (Lipinski definition) is 0. The van der Waals surface area contributed by atoms with Crippen LogP contribution in [-0.2, 0) is 17.7 Å². The summed E-state index contributed by atoms with van der Waals surface area (Å²) in [5.74, 6) is -0.244. The monoisotopic (exact) mass is 325 g/mol. The second-order valence-corrected chi connectivity index (χ2v) is 7.54. The van der Waals surface area contributed by atoms with Crippen LogP contribution < -0.4 is 0 Å². The van der Waals surface area contributed by atoms with Gasteiger partial charge < -0.3 is 9.64 Å². The van der Waals surface area contributed by atoms with E-state index in [-0.39, 0.29) is 12.1 Å². The molecular weight excluding hydrogens is 302 g/mol. The van der Waals surface area contributed by atoms with Gasteiger partial charge in [-0.05, 0) is 38.3 Å². The maximum Gasteiger partial charge on any atom is 0.359 e. The summed E-state index contributed by atoms with van der Waals surface area (Å²) in [5.41, 5.74) is 2.92. The molecule has 1 aromatic carbocycles. The topological polar surface area (TPSA) is 47.4 Å². The molecule has 2 aromatic rings. The fourth-order valence-electron chi connectivity index (χ4n) is 4.91. The van der Waals surface area contributed by atoms with Crippen LogP contribution in [-0.4, -0.2) is 45.9 Å².